The molecule has 3 saturated heterocycles. The number of likely N-dealkylation sites (N-methyl/N-ethyl adjacent to an activating group) is 1. The Hall–Kier alpha value is -1.30. The summed E-state index contributed by atoms with van der Waals surface area (Å²) in [6.45, 7) is 16.4. The molecule has 51 heavy (non-hydrogen) atoms. The number of hydrogen-bond donors (Lipinski definition) is 5. The maximum atomic E-state index is 14.1. The fraction of sp³-hybridized carbons (Fsp3) is 0.946. The van der Waals surface area contributed by atoms with Crippen molar-refractivity contribution < 1.29 is 63.5 Å². The summed E-state index contributed by atoms with van der Waals surface area (Å²) in [5.41, 5.74) is -3.80. The number of ether oxygens (including phenoxy) is 6. The second kappa shape index (κ2) is 17.4. The van der Waals surface area contributed by atoms with Gasteiger partial charge in [-0.3, -0.25) is 9.59 Å². The Morgan fingerprint density at radius 1 is 0.843 bits per heavy atom. The quantitative estimate of drug-likeness (QED) is 0.237. The van der Waals surface area contributed by atoms with Gasteiger partial charge in [-0.15, -0.1) is 0 Å². The molecule has 0 radical (unpaired) electrons. The summed E-state index contributed by atoms with van der Waals surface area (Å²) in [5, 5.41) is 57.5. The Morgan fingerprint density at radius 3 is 2.00 bits per heavy atom. The first-order valence-corrected chi connectivity index (χ1v) is 18.6. The number of cyclic esters (lactones) is 1. The molecule has 3 aliphatic rings. The van der Waals surface area contributed by atoms with Gasteiger partial charge >= 0.3 is 5.97 Å². The molecule has 0 unspecified atom stereocenters. The fourth-order valence-electron chi connectivity index (χ4n) is 8.47. The Kier molecular flexibility index (Phi) is 15.1. The summed E-state index contributed by atoms with van der Waals surface area (Å²) in [5.74, 6) is -5.44. The highest BCUT2D eigenvalue weighted by Gasteiger charge is 2.53. The highest BCUT2D eigenvalue weighted by molar-refractivity contribution is 5.83. The molecule has 0 aliphatic carbocycles. The maximum absolute atomic E-state index is 14.1. The molecular weight excluding hydrogens is 666 g/mol. The molecule has 14 nitrogen and oxygen atoms in total. The number of aliphatic hydroxyl groups excluding tert-OH is 3. The predicted octanol–water partition coefficient (Wildman–Crippen LogP) is 1.64. The molecule has 0 bridgehead atoms. The summed E-state index contributed by atoms with van der Waals surface area (Å²) < 4.78 is 37.2. The second-order valence-corrected chi connectivity index (χ2v) is 16.3. The molecule has 0 aromatic carbocycles. The van der Waals surface area contributed by atoms with Crippen LogP contribution in [0, 0.1) is 29.6 Å². The van der Waals surface area contributed by atoms with Gasteiger partial charge in [0.25, 0.3) is 0 Å². The summed E-state index contributed by atoms with van der Waals surface area (Å²) in [7, 11) is 5.16. The number of rotatable bonds is 7. The molecule has 0 amide bonds. The standard InChI is InChI=1S/C37H67NO13/c1-14-25-37(10,45)31(42)20(5)26(39)17(2)16-36(9,44)32(51-34-28(41)24(38(11)12)15-18(3)47-34)21(6)29(22(7)33(43)49-25)50-35-30(46-13)19(4)27(40)23(8)48-35/h17-25,27-32,34-35,40-42,44-45H,14-16H2,1-13H3/t17-,18-,19-,20+,21+,22-,23+,24+,25-,27-,28-,29+,30+,31-,32-,34+,35-,36-,37-/m1/s1. The third kappa shape index (κ3) is 9.51. The van der Waals surface area contributed by atoms with Gasteiger partial charge in [0.15, 0.2) is 12.6 Å². The van der Waals surface area contributed by atoms with E-state index in [1.807, 2.05) is 32.8 Å². The molecule has 3 fully saturated rings. The minimum atomic E-state index is -2.00. The zero-order valence-electron chi connectivity index (χ0n) is 32.9. The van der Waals surface area contributed by atoms with Gasteiger partial charge in [-0.2, -0.15) is 0 Å². The lowest BCUT2D eigenvalue weighted by Gasteiger charge is -2.49. The first kappa shape index (κ1) is 44.1. The van der Waals surface area contributed by atoms with E-state index >= 15 is 0 Å². The van der Waals surface area contributed by atoms with Crippen LogP contribution in [-0.2, 0) is 38.0 Å². The molecule has 14 heteroatoms. The van der Waals surface area contributed by atoms with Gasteiger partial charge in [-0.05, 0) is 68.0 Å². The van der Waals surface area contributed by atoms with Gasteiger partial charge in [-0.1, -0.05) is 34.6 Å². The van der Waals surface area contributed by atoms with Crippen LogP contribution in [0.3, 0.4) is 0 Å². The molecule has 3 rings (SSSR count). The summed E-state index contributed by atoms with van der Waals surface area (Å²) in [4.78, 5) is 29.8. The highest BCUT2D eigenvalue weighted by Crippen LogP contribution is 2.40. The number of aliphatic hydroxyl groups is 5. The van der Waals surface area contributed by atoms with Crippen LogP contribution in [0.5, 0.6) is 0 Å². The van der Waals surface area contributed by atoms with Crippen molar-refractivity contribution in [1.82, 2.24) is 4.90 Å². The zero-order valence-corrected chi connectivity index (χ0v) is 32.9. The smallest absolute Gasteiger partial charge is 0.311 e. The second-order valence-electron chi connectivity index (χ2n) is 16.3. The first-order chi connectivity index (χ1) is 23.5. The van der Waals surface area contributed by atoms with E-state index in [0.717, 1.165) is 0 Å². The molecule has 3 aliphatic heterocycles. The molecule has 0 saturated carbocycles. The number of Topliss-reactive ketones (excluding diaryl/α,β-unsaturated/α-hetero) is 1. The predicted molar refractivity (Wildman–Crippen MR) is 186 cm³/mol. The van der Waals surface area contributed by atoms with Crippen molar-refractivity contribution in [3.05, 3.63) is 0 Å². The summed E-state index contributed by atoms with van der Waals surface area (Å²) in [6.07, 6.45) is -10.5. The van der Waals surface area contributed by atoms with Gasteiger partial charge < -0.3 is 58.9 Å². The minimum Gasteiger partial charge on any atom is -0.459 e. The molecule has 0 spiro atoms. The Balaban J connectivity index is 2.20. The average molecular weight is 734 g/mol. The number of esters is 1. The normalized spacial score (nSPS) is 49.7. The van der Waals surface area contributed by atoms with Gasteiger partial charge in [0.1, 0.15) is 29.7 Å². The van der Waals surface area contributed by atoms with Gasteiger partial charge in [-0.25, -0.2) is 0 Å². The van der Waals surface area contributed by atoms with Crippen molar-refractivity contribution in [1.29, 1.82) is 0 Å². The lowest BCUT2D eigenvalue weighted by atomic mass is 9.74. The van der Waals surface area contributed by atoms with E-state index in [2.05, 4.69) is 0 Å². The van der Waals surface area contributed by atoms with Gasteiger partial charge in [0.05, 0.1) is 48.1 Å². The van der Waals surface area contributed by atoms with Crippen LogP contribution in [0.15, 0.2) is 0 Å². The van der Waals surface area contributed by atoms with Gasteiger partial charge in [0, 0.05) is 36.8 Å². The van der Waals surface area contributed by atoms with E-state index in [1.165, 1.54) is 27.9 Å². The van der Waals surface area contributed by atoms with E-state index in [4.69, 9.17) is 28.4 Å². The molecule has 0 aromatic rings. The van der Waals surface area contributed by atoms with Crippen molar-refractivity contribution in [2.45, 2.75) is 173 Å². The molecule has 298 valence electrons. The molecule has 0 aromatic heterocycles. The van der Waals surface area contributed by atoms with E-state index in [9.17, 15) is 35.1 Å². The molecule has 3 heterocycles. The topological polar surface area (TPSA) is 194 Å². The molecule has 19 atom stereocenters. The Bertz CT molecular complexity index is 1150. The summed E-state index contributed by atoms with van der Waals surface area (Å²) in [6, 6.07) is -0.326. The zero-order chi connectivity index (χ0) is 38.9. The van der Waals surface area contributed by atoms with Crippen LogP contribution in [-0.4, -0.2) is 148 Å². The molecule has 5 N–H and O–H groups in total. The maximum Gasteiger partial charge on any atom is 0.311 e. The first-order valence-electron chi connectivity index (χ1n) is 18.6. The van der Waals surface area contributed by atoms with Crippen LogP contribution in [0.25, 0.3) is 0 Å². The van der Waals surface area contributed by atoms with E-state index in [1.54, 1.807) is 34.6 Å². The number of carbonyl (C=O) groups excluding carboxylic acids is 2. The van der Waals surface area contributed by atoms with Gasteiger partial charge in [0.2, 0.25) is 0 Å². The Morgan fingerprint density at radius 2 is 1.45 bits per heavy atom. The number of ketones is 1. The van der Waals surface area contributed by atoms with Crippen molar-refractivity contribution in [2.24, 2.45) is 29.6 Å². The number of methoxy groups -OCH3 is 1. The lowest BCUT2D eigenvalue weighted by Crippen LogP contribution is -2.61. The average Bonchev–Trinajstić information content (AvgIpc) is 3.05. The van der Waals surface area contributed by atoms with Crippen LogP contribution in [0.2, 0.25) is 0 Å². The number of hydrogen-bond acceptors (Lipinski definition) is 14. The lowest BCUT2D eigenvalue weighted by molar-refractivity contribution is -0.323. The van der Waals surface area contributed by atoms with Crippen LogP contribution in [0.4, 0.5) is 0 Å². The largest absolute Gasteiger partial charge is 0.459 e. The third-order valence-electron chi connectivity index (χ3n) is 11.8. The van der Waals surface area contributed by atoms with Crippen LogP contribution in [0.1, 0.15) is 88.5 Å². The molecular formula is C37H67NO13. The van der Waals surface area contributed by atoms with Crippen LogP contribution < -0.4 is 0 Å². The van der Waals surface area contributed by atoms with Crippen molar-refractivity contribution in [2.75, 3.05) is 21.2 Å². The monoisotopic (exact) mass is 733 g/mol. The van der Waals surface area contributed by atoms with Crippen molar-refractivity contribution >= 4 is 11.8 Å². The third-order valence-corrected chi connectivity index (χ3v) is 11.8. The fourth-order valence-corrected chi connectivity index (χ4v) is 8.47. The Labute approximate surface area is 304 Å². The minimum absolute atomic E-state index is 0.132. The van der Waals surface area contributed by atoms with E-state index < -0.39 is 114 Å². The highest BCUT2D eigenvalue weighted by atomic mass is 16.7. The summed E-state index contributed by atoms with van der Waals surface area (Å²) >= 11 is 0. The van der Waals surface area contributed by atoms with Crippen molar-refractivity contribution in [3.63, 3.8) is 0 Å². The SMILES string of the molecule is CC[C@H]1OC(=O)[C@H](C)[C@@H](O[C@H]2O[C@@H](C)[C@H](O)[C@@H](C)[C@@H]2OC)[C@H](C)[C@@H](O[C@@H]2O[C@H](C)C[C@H](N(C)C)[C@H]2O)[C@](C)(O)C[C@@H](C)C(=O)[C@H](C)[C@@H](O)[C@]1(C)O. The number of nitrogens with zero attached hydrogens (tertiary/aromatic N) is 1. The number of carbonyl (C=O) groups is 2. The van der Waals surface area contributed by atoms with Crippen molar-refractivity contribution in [3.8, 4) is 0 Å². The van der Waals surface area contributed by atoms with E-state index in [0.29, 0.717) is 6.42 Å². The van der Waals surface area contributed by atoms with E-state index in [-0.39, 0.29) is 25.0 Å². The van der Waals surface area contributed by atoms with Crippen LogP contribution >= 0.6 is 0 Å².